The highest BCUT2D eigenvalue weighted by atomic mass is 32.2. The van der Waals surface area contributed by atoms with Gasteiger partial charge in [0.15, 0.2) is 0 Å². The van der Waals surface area contributed by atoms with Crippen LogP contribution >= 0.6 is 0 Å². The van der Waals surface area contributed by atoms with E-state index in [0.717, 1.165) is 6.07 Å². The van der Waals surface area contributed by atoms with Crippen LogP contribution < -0.4 is 5.32 Å². The lowest BCUT2D eigenvalue weighted by atomic mass is 10.1. The minimum Gasteiger partial charge on any atom is -0.382 e. The van der Waals surface area contributed by atoms with Crippen molar-refractivity contribution < 1.29 is 17.4 Å². The lowest BCUT2D eigenvalue weighted by Gasteiger charge is -2.25. The fraction of sp³-hybridized carbons (Fsp3) is 0.462. The Kier molecular flexibility index (Phi) is 4.33. The van der Waals surface area contributed by atoms with Crippen LogP contribution in [0.15, 0.2) is 18.2 Å². The normalized spacial score (nSPS) is 23.1. The Morgan fingerprint density at radius 2 is 1.95 bits per heavy atom. The fourth-order valence-electron chi connectivity index (χ4n) is 2.13. The lowest BCUT2D eigenvalue weighted by molar-refractivity contribution is -0.137. The van der Waals surface area contributed by atoms with Crippen molar-refractivity contribution in [1.82, 2.24) is 0 Å². The van der Waals surface area contributed by atoms with Crippen molar-refractivity contribution in [3.05, 3.63) is 29.3 Å². The average Bonchev–Trinajstić information content (AvgIpc) is 2.40. The van der Waals surface area contributed by atoms with Gasteiger partial charge in [0.2, 0.25) is 0 Å². The summed E-state index contributed by atoms with van der Waals surface area (Å²) in [5.41, 5.74) is -0.870. The predicted molar refractivity (Wildman–Crippen MR) is 70.7 cm³/mol. The molecule has 7 heteroatoms. The summed E-state index contributed by atoms with van der Waals surface area (Å²) in [7, 11) is -0.852. The van der Waals surface area contributed by atoms with Crippen molar-refractivity contribution >= 4 is 16.5 Å². The van der Waals surface area contributed by atoms with Gasteiger partial charge < -0.3 is 5.32 Å². The zero-order valence-electron chi connectivity index (χ0n) is 10.5. The van der Waals surface area contributed by atoms with E-state index in [0.29, 0.717) is 24.3 Å². The Hall–Kier alpha value is -1.55. The summed E-state index contributed by atoms with van der Waals surface area (Å²) >= 11 is 0. The highest BCUT2D eigenvalue weighted by Gasteiger charge is 2.34. The Labute approximate surface area is 117 Å². The van der Waals surface area contributed by atoms with Gasteiger partial charge in [0, 0.05) is 34.0 Å². The molecule has 0 spiro atoms. The van der Waals surface area contributed by atoms with Crippen LogP contribution in [0.2, 0.25) is 0 Å². The summed E-state index contributed by atoms with van der Waals surface area (Å²) in [6.07, 6.45) is -3.33. The molecule has 1 aromatic rings. The molecule has 0 aromatic heterocycles. The second kappa shape index (κ2) is 5.83. The van der Waals surface area contributed by atoms with Crippen molar-refractivity contribution in [3.8, 4) is 6.07 Å². The van der Waals surface area contributed by atoms with Gasteiger partial charge in [-0.15, -0.1) is 0 Å². The third kappa shape index (κ3) is 3.51. The molecule has 1 aliphatic heterocycles. The van der Waals surface area contributed by atoms with Crippen LogP contribution in [0.5, 0.6) is 0 Å². The molecule has 1 aliphatic rings. The molecule has 0 aliphatic carbocycles. The standard InChI is InChI=1S/C13H13F3N2OS/c14-13(15,16)11-7-9(8-17)1-2-12(11)18-10-3-5-20(19)6-4-10/h1-2,7,10,18H,3-6H2. The number of anilines is 1. The summed E-state index contributed by atoms with van der Waals surface area (Å²) in [5.74, 6) is 1.02. The molecule has 1 fully saturated rings. The molecule has 0 unspecified atom stereocenters. The molecule has 1 saturated heterocycles. The molecule has 0 saturated carbocycles. The maximum atomic E-state index is 13.0. The van der Waals surface area contributed by atoms with Crippen LogP contribution in [0.4, 0.5) is 18.9 Å². The number of halogens is 3. The van der Waals surface area contributed by atoms with Crippen LogP contribution in [0.3, 0.4) is 0 Å². The SMILES string of the molecule is N#Cc1ccc(NC2CCS(=O)CC2)c(C(F)(F)F)c1. The first-order chi connectivity index (χ1) is 9.40. The molecular weight excluding hydrogens is 289 g/mol. The van der Waals surface area contributed by atoms with Crippen LogP contribution in [0.1, 0.15) is 24.0 Å². The molecule has 3 nitrogen and oxygen atoms in total. The summed E-state index contributed by atoms with van der Waals surface area (Å²) in [4.78, 5) is 0. The highest BCUT2D eigenvalue weighted by Crippen LogP contribution is 2.36. The molecule has 0 radical (unpaired) electrons. The highest BCUT2D eigenvalue weighted by molar-refractivity contribution is 7.85. The largest absolute Gasteiger partial charge is 0.418 e. The van der Waals surface area contributed by atoms with E-state index in [9.17, 15) is 17.4 Å². The van der Waals surface area contributed by atoms with Crippen molar-refractivity contribution in [1.29, 1.82) is 5.26 Å². The summed E-state index contributed by atoms with van der Waals surface area (Å²) < 4.78 is 50.2. The molecule has 0 atom stereocenters. The first-order valence-corrected chi connectivity index (χ1v) is 7.62. The maximum absolute atomic E-state index is 13.0. The Bertz CT molecular complexity index is 556. The molecule has 0 amide bonds. The number of hydrogen-bond acceptors (Lipinski definition) is 3. The topological polar surface area (TPSA) is 52.9 Å². The number of alkyl halides is 3. The van der Waals surface area contributed by atoms with Crippen molar-refractivity contribution in [3.63, 3.8) is 0 Å². The van der Waals surface area contributed by atoms with E-state index in [-0.39, 0.29) is 17.3 Å². The van der Waals surface area contributed by atoms with E-state index in [1.165, 1.54) is 12.1 Å². The van der Waals surface area contributed by atoms with Gasteiger partial charge in [0.25, 0.3) is 0 Å². The van der Waals surface area contributed by atoms with E-state index in [1.807, 2.05) is 0 Å². The van der Waals surface area contributed by atoms with Crippen molar-refractivity contribution in [2.75, 3.05) is 16.8 Å². The summed E-state index contributed by atoms with van der Waals surface area (Å²) in [6, 6.07) is 5.09. The Morgan fingerprint density at radius 1 is 1.30 bits per heavy atom. The van der Waals surface area contributed by atoms with Gasteiger partial charge >= 0.3 is 6.18 Å². The Morgan fingerprint density at radius 3 is 2.50 bits per heavy atom. The smallest absolute Gasteiger partial charge is 0.382 e. The van der Waals surface area contributed by atoms with E-state index in [4.69, 9.17) is 5.26 Å². The molecule has 0 bridgehead atoms. The molecular formula is C13H13F3N2OS. The molecule has 1 aromatic carbocycles. The van der Waals surface area contributed by atoms with E-state index in [1.54, 1.807) is 6.07 Å². The third-order valence-electron chi connectivity index (χ3n) is 3.20. The molecule has 2 rings (SSSR count). The van der Waals surface area contributed by atoms with Gasteiger partial charge in [0.1, 0.15) is 0 Å². The number of nitrogens with zero attached hydrogens (tertiary/aromatic N) is 1. The fourth-order valence-corrected chi connectivity index (χ4v) is 3.43. The minimum atomic E-state index is -4.51. The number of hydrogen-bond donors (Lipinski definition) is 1. The van der Waals surface area contributed by atoms with Crippen LogP contribution in [-0.4, -0.2) is 21.8 Å². The third-order valence-corrected chi connectivity index (χ3v) is 4.58. The monoisotopic (exact) mass is 302 g/mol. The molecule has 1 heterocycles. The number of rotatable bonds is 2. The van der Waals surface area contributed by atoms with Gasteiger partial charge in [-0.25, -0.2) is 0 Å². The van der Waals surface area contributed by atoms with Crippen LogP contribution in [0, 0.1) is 11.3 Å². The van der Waals surface area contributed by atoms with Gasteiger partial charge in [-0.05, 0) is 31.0 Å². The Balaban J connectivity index is 2.23. The van der Waals surface area contributed by atoms with E-state index in [2.05, 4.69) is 5.32 Å². The minimum absolute atomic E-state index is 0.0193. The summed E-state index contributed by atoms with van der Waals surface area (Å²) in [6.45, 7) is 0. The van der Waals surface area contributed by atoms with Gasteiger partial charge in [-0.2, -0.15) is 18.4 Å². The zero-order valence-corrected chi connectivity index (χ0v) is 11.4. The van der Waals surface area contributed by atoms with Crippen LogP contribution in [-0.2, 0) is 17.0 Å². The lowest BCUT2D eigenvalue weighted by Crippen LogP contribution is -2.30. The molecule has 20 heavy (non-hydrogen) atoms. The van der Waals surface area contributed by atoms with E-state index >= 15 is 0 Å². The number of nitriles is 1. The quantitative estimate of drug-likeness (QED) is 0.914. The predicted octanol–water partition coefficient (Wildman–Crippen LogP) is 2.90. The number of nitrogens with one attached hydrogen (secondary N) is 1. The van der Waals surface area contributed by atoms with Gasteiger partial charge in [-0.1, -0.05) is 0 Å². The maximum Gasteiger partial charge on any atom is 0.418 e. The van der Waals surface area contributed by atoms with Gasteiger partial charge in [-0.3, -0.25) is 4.21 Å². The first kappa shape index (κ1) is 14.9. The van der Waals surface area contributed by atoms with Crippen molar-refractivity contribution in [2.45, 2.75) is 25.1 Å². The zero-order chi connectivity index (χ0) is 14.8. The van der Waals surface area contributed by atoms with Crippen molar-refractivity contribution in [2.24, 2.45) is 0 Å². The van der Waals surface area contributed by atoms with E-state index < -0.39 is 22.5 Å². The van der Waals surface area contributed by atoms with Gasteiger partial charge in [0.05, 0.1) is 17.2 Å². The first-order valence-electron chi connectivity index (χ1n) is 6.13. The molecule has 1 N–H and O–H groups in total. The van der Waals surface area contributed by atoms with Crippen LogP contribution in [0.25, 0.3) is 0 Å². The second-order valence-corrected chi connectivity index (χ2v) is 6.33. The molecule has 108 valence electrons. The summed E-state index contributed by atoms with van der Waals surface area (Å²) in [5, 5.41) is 11.6. The number of benzene rings is 1. The second-order valence-electron chi connectivity index (χ2n) is 4.64. The average molecular weight is 302 g/mol.